The SMILES string of the molecule is C1=CC2N=CC=NC3C=CC=CC3SSC3C=CC=CC3N=CC=NC3C=CC=CC3SSC2C=C1. The number of allylic oxidation sites excluding steroid dienone is 8. The Kier molecular flexibility index (Phi) is 9.63. The topological polar surface area (TPSA) is 49.4 Å². The van der Waals surface area contributed by atoms with E-state index in [2.05, 4.69) is 97.2 Å². The Morgan fingerprint density at radius 2 is 0.528 bits per heavy atom. The molecule has 0 amide bonds. The van der Waals surface area contributed by atoms with Crippen LogP contribution in [0.3, 0.4) is 0 Å². The van der Waals surface area contributed by atoms with E-state index in [1.54, 1.807) is 0 Å². The highest BCUT2D eigenvalue weighted by Gasteiger charge is 2.25. The third-order valence-corrected chi connectivity index (χ3v) is 12.1. The summed E-state index contributed by atoms with van der Waals surface area (Å²) in [5, 5.41) is 1.06. The van der Waals surface area contributed by atoms with Gasteiger partial charge in [-0.1, -0.05) is 140 Å². The molecule has 0 spiro atoms. The van der Waals surface area contributed by atoms with Crippen LogP contribution in [-0.2, 0) is 0 Å². The summed E-state index contributed by atoms with van der Waals surface area (Å²) in [7, 11) is 7.43. The summed E-state index contributed by atoms with van der Waals surface area (Å²) in [6.07, 6.45) is 41.8. The Labute approximate surface area is 229 Å². The summed E-state index contributed by atoms with van der Waals surface area (Å²) in [5.74, 6) is 0. The van der Waals surface area contributed by atoms with Gasteiger partial charge in [0.1, 0.15) is 0 Å². The van der Waals surface area contributed by atoms with Crippen molar-refractivity contribution in [3.63, 3.8) is 0 Å². The van der Waals surface area contributed by atoms with Crippen molar-refractivity contribution < 1.29 is 0 Å². The minimum atomic E-state index is 0.0901. The van der Waals surface area contributed by atoms with Gasteiger partial charge in [0.2, 0.25) is 0 Å². The van der Waals surface area contributed by atoms with Crippen LogP contribution in [0.25, 0.3) is 0 Å². The van der Waals surface area contributed by atoms with Gasteiger partial charge in [-0.15, -0.1) is 0 Å². The van der Waals surface area contributed by atoms with Gasteiger partial charge < -0.3 is 0 Å². The molecule has 36 heavy (non-hydrogen) atoms. The molecule has 0 saturated heterocycles. The average molecular weight is 549 g/mol. The molecule has 1 heterocycles. The van der Waals surface area contributed by atoms with Gasteiger partial charge in [-0.3, -0.25) is 20.0 Å². The van der Waals surface area contributed by atoms with E-state index in [0.29, 0.717) is 0 Å². The zero-order valence-electron chi connectivity index (χ0n) is 19.6. The summed E-state index contributed by atoms with van der Waals surface area (Å²) in [6.45, 7) is 0. The van der Waals surface area contributed by atoms with Crippen LogP contribution in [0.4, 0.5) is 0 Å². The fraction of sp³-hybridized carbons (Fsp3) is 0.286. The van der Waals surface area contributed by atoms with Gasteiger partial charge in [-0.05, 0) is 0 Å². The van der Waals surface area contributed by atoms with Crippen molar-refractivity contribution >= 4 is 68.0 Å². The molecule has 8 unspecified atom stereocenters. The monoisotopic (exact) mass is 548 g/mol. The molecule has 1 aliphatic heterocycles. The van der Waals surface area contributed by atoms with Gasteiger partial charge in [-0.25, -0.2) is 0 Å². The quantitative estimate of drug-likeness (QED) is 0.324. The molecule has 5 rings (SSSR count). The van der Waals surface area contributed by atoms with Gasteiger partial charge >= 0.3 is 0 Å². The number of nitrogens with zero attached hydrogens (tertiary/aromatic N) is 4. The van der Waals surface area contributed by atoms with Gasteiger partial charge in [0, 0.05) is 24.9 Å². The Hall–Kier alpha value is -2.00. The minimum Gasteiger partial charge on any atom is -0.283 e. The average Bonchev–Trinajstić information content (AvgIpc) is 2.93. The lowest BCUT2D eigenvalue weighted by Gasteiger charge is -2.25. The summed E-state index contributed by atoms with van der Waals surface area (Å²) < 4.78 is 0. The predicted molar refractivity (Wildman–Crippen MR) is 168 cm³/mol. The first-order chi connectivity index (χ1) is 17.9. The smallest absolute Gasteiger partial charge is 0.0845 e. The van der Waals surface area contributed by atoms with Crippen molar-refractivity contribution in [1.82, 2.24) is 0 Å². The molecule has 4 aliphatic carbocycles. The molecule has 0 aromatic carbocycles. The Balaban J connectivity index is 1.37. The molecule has 0 aromatic heterocycles. The molecular formula is C28H28N4S4. The normalized spacial score (nSPS) is 37.3. The number of hydrogen-bond donors (Lipinski definition) is 0. The van der Waals surface area contributed by atoms with E-state index >= 15 is 0 Å². The molecule has 4 nitrogen and oxygen atoms in total. The fourth-order valence-electron chi connectivity index (χ4n) is 4.00. The first-order valence-corrected chi connectivity index (χ1v) is 16.6. The third-order valence-electron chi connectivity index (χ3n) is 5.95. The number of fused-ring (bicyclic) bond motifs is 4. The van der Waals surface area contributed by atoms with Crippen LogP contribution in [0.5, 0.6) is 0 Å². The van der Waals surface area contributed by atoms with Crippen LogP contribution in [0.1, 0.15) is 0 Å². The minimum absolute atomic E-state index is 0.0901. The molecule has 5 aliphatic rings. The van der Waals surface area contributed by atoms with E-state index in [4.69, 9.17) is 20.0 Å². The Morgan fingerprint density at radius 3 is 0.778 bits per heavy atom. The molecule has 0 radical (unpaired) electrons. The second kappa shape index (κ2) is 13.5. The van der Waals surface area contributed by atoms with Crippen LogP contribution in [0.2, 0.25) is 0 Å². The summed E-state index contributed by atoms with van der Waals surface area (Å²) in [6, 6.07) is 0.361. The molecule has 0 saturated carbocycles. The third kappa shape index (κ3) is 7.06. The van der Waals surface area contributed by atoms with Crippen molar-refractivity contribution in [1.29, 1.82) is 0 Å². The second-order valence-corrected chi connectivity index (χ2v) is 13.7. The van der Waals surface area contributed by atoms with Crippen molar-refractivity contribution in [2.45, 2.75) is 45.2 Å². The predicted octanol–water partition coefficient (Wildman–Crippen LogP) is 6.50. The summed E-state index contributed by atoms with van der Waals surface area (Å²) in [4.78, 5) is 19.3. The summed E-state index contributed by atoms with van der Waals surface area (Å²) >= 11 is 0. The van der Waals surface area contributed by atoms with Crippen LogP contribution >= 0.6 is 43.2 Å². The lowest BCUT2D eigenvalue weighted by atomic mass is 10.1. The lowest BCUT2D eigenvalue weighted by molar-refractivity contribution is 0.841. The second-order valence-electron chi connectivity index (χ2n) is 8.48. The van der Waals surface area contributed by atoms with Crippen LogP contribution in [-0.4, -0.2) is 70.0 Å². The van der Waals surface area contributed by atoms with Gasteiger partial charge in [-0.2, -0.15) is 0 Å². The van der Waals surface area contributed by atoms with Crippen molar-refractivity contribution in [3.8, 4) is 0 Å². The maximum Gasteiger partial charge on any atom is 0.0845 e. The highest BCUT2D eigenvalue weighted by molar-refractivity contribution is 8.77. The van der Waals surface area contributed by atoms with Crippen molar-refractivity contribution in [2.24, 2.45) is 20.0 Å². The zero-order valence-corrected chi connectivity index (χ0v) is 22.9. The maximum absolute atomic E-state index is 4.84. The first-order valence-electron chi connectivity index (χ1n) is 12.0. The van der Waals surface area contributed by atoms with Crippen LogP contribution in [0.15, 0.2) is 117 Å². The van der Waals surface area contributed by atoms with E-state index in [1.807, 2.05) is 68.0 Å². The highest BCUT2D eigenvalue weighted by Crippen LogP contribution is 2.40. The van der Waals surface area contributed by atoms with E-state index < -0.39 is 0 Å². The van der Waals surface area contributed by atoms with Crippen molar-refractivity contribution in [2.75, 3.05) is 0 Å². The molecule has 0 fully saturated rings. The van der Waals surface area contributed by atoms with E-state index in [0.717, 1.165) is 0 Å². The van der Waals surface area contributed by atoms with Gasteiger partial charge in [0.15, 0.2) is 0 Å². The lowest BCUT2D eigenvalue weighted by Crippen LogP contribution is -2.23. The molecular weight excluding hydrogens is 521 g/mol. The van der Waals surface area contributed by atoms with Crippen LogP contribution in [0, 0.1) is 0 Å². The highest BCUT2D eigenvalue weighted by atomic mass is 33.1. The molecule has 184 valence electrons. The van der Waals surface area contributed by atoms with E-state index in [1.165, 1.54) is 0 Å². The zero-order chi connectivity index (χ0) is 24.4. The van der Waals surface area contributed by atoms with E-state index in [-0.39, 0.29) is 45.2 Å². The largest absolute Gasteiger partial charge is 0.283 e. The summed E-state index contributed by atoms with van der Waals surface area (Å²) in [5.41, 5.74) is 0. The fourth-order valence-corrected chi connectivity index (χ4v) is 9.91. The van der Waals surface area contributed by atoms with E-state index in [9.17, 15) is 0 Å². The van der Waals surface area contributed by atoms with Crippen LogP contribution < -0.4 is 0 Å². The molecule has 8 heteroatoms. The molecule has 0 N–H and O–H groups in total. The maximum atomic E-state index is 4.84. The number of aliphatic imine (C=N–C) groups is 4. The molecule has 0 aromatic rings. The number of hydrogen-bond acceptors (Lipinski definition) is 8. The van der Waals surface area contributed by atoms with Crippen molar-refractivity contribution in [3.05, 3.63) is 97.2 Å². The molecule has 8 atom stereocenters. The standard InChI is InChI=1S/C28H28N4S4/c1-5-13-25-21(9-1)29-17-18-30-23-11-3-7-15-27(23)35-36-28-16-8-4-12-24(28)32-20-19-31-22-10-2-6-14-26(22)34-33-25/h1-28H. The first kappa shape index (κ1) is 25.6. The van der Waals surface area contributed by atoms with Gasteiger partial charge in [0.05, 0.1) is 45.2 Å². The molecule has 0 bridgehead atoms. The Bertz CT molecular complexity index is 948. The van der Waals surface area contributed by atoms with Gasteiger partial charge in [0.25, 0.3) is 0 Å². The Morgan fingerprint density at radius 1 is 0.306 bits per heavy atom. The number of rotatable bonds is 0.